The Balaban J connectivity index is 1.54. The van der Waals surface area contributed by atoms with Gasteiger partial charge in [-0.15, -0.1) is 0 Å². The highest BCUT2D eigenvalue weighted by Gasteiger charge is 2.49. The fourth-order valence-electron chi connectivity index (χ4n) is 4.33. The largest absolute Gasteiger partial charge is 0.493 e. The van der Waals surface area contributed by atoms with Crippen molar-refractivity contribution in [2.45, 2.75) is 18.9 Å². The summed E-state index contributed by atoms with van der Waals surface area (Å²) in [6.07, 6.45) is 2.53. The summed E-state index contributed by atoms with van der Waals surface area (Å²) in [5.41, 5.74) is 0.908. The predicted octanol–water partition coefficient (Wildman–Crippen LogP) is 1.89. The van der Waals surface area contributed by atoms with E-state index >= 15 is 0 Å². The first kappa shape index (κ1) is 17.7. The molecule has 1 aromatic carbocycles. The minimum absolute atomic E-state index is 0.0830. The fourth-order valence-corrected chi connectivity index (χ4v) is 4.33. The lowest BCUT2D eigenvalue weighted by atomic mass is 9.85. The third-order valence-corrected chi connectivity index (χ3v) is 5.85. The van der Waals surface area contributed by atoms with Gasteiger partial charge >= 0.3 is 0 Å². The van der Waals surface area contributed by atoms with Crippen LogP contribution in [0.15, 0.2) is 18.2 Å². The van der Waals surface area contributed by atoms with Crippen molar-refractivity contribution in [3.05, 3.63) is 29.6 Å². The number of halogens is 1. The first-order valence-corrected chi connectivity index (χ1v) is 9.61. The van der Waals surface area contributed by atoms with Crippen molar-refractivity contribution in [2.75, 3.05) is 46.9 Å². The quantitative estimate of drug-likeness (QED) is 0.841. The molecule has 2 fully saturated rings. The minimum atomic E-state index is -0.238. The number of rotatable bonds is 6. The summed E-state index contributed by atoms with van der Waals surface area (Å²) in [6, 6.07) is 4.85. The van der Waals surface area contributed by atoms with Crippen molar-refractivity contribution < 1.29 is 13.9 Å². The van der Waals surface area contributed by atoms with Gasteiger partial charge in [-0.05, 0) is 51.1 Å². The van der Waals surface area contributed by atoms with Crippen molar-refractivity contribution in [1.82, 2.24) is 15.1 Å². The monoisotopic (exact) mass is 361 g/mol. The standard InChI is InChI=1S/C20H28FN3O2/c1-23(2)8-7-22-20(25)16-11-24(10-13-3-4-13)19-15-9-14(21)5-6-18(15)26-12-17(16)19/h5-6,9,13,16-17,19H,3-4,7-8,10-12H2,1-2H3,(H,22,25)/t16-,17+,19+/m1/s1. The number of nitrogens with one attached hydrogen (secondary N) is 1. The van der Waals surface area contributed by atoms with Crippen LogP contribution in [0.5, 0.6) is 5.75 Å². The van der Waals surface area contributed by atoms with Gasteiger partial charge in [0.25, 0.3) is 0 Å². The van der Waals surface area contributed by atoms with Crippen molar-refractivity contribution in [3.63, 3.8) is 0 Å². The van der Waals surface area contributed by atoms with Gasteiger partial charge in [-0.1, -0.05) is 0 Å². The average molecular weight is 361 g/mol. The Bertz CT molecular complexity index is 677. The molecule has 3 atom stereocenters. The van der Waals surface area contributed by atoms with E-state index in [1.165, 1.54) is 18.9 Å². The van der Waals surface area contributed by atoms with Crippen LogP contribution in [0.3, 0.4) is 0 Å². The molecule has 0 bridgehead atoms. The summed E-state index contributed by atoms with van der Waals surface area (Å²) in [6.45, 7) is 3.73. The molecular formula is C20H28FN3O2. The molecule has 0 aromatic heterocycles. The number of ether oxygens (including phenoxy) is 1. The maximum Gasteiger partial charge on any atom is 0.224 e. The first-order chi connectivity index (χ1) is 12.5. The van der Waals surface area contributed by atoms with E-state index in [0.29, 0.717) is 13.2 Å². The third kappa shape index (κ3) is 3.58. The number of likely N-dealkylation sites (N-methyl/N-ethyl adjacent to an activating group) is 1. The molecule has 2 heterocycles. The van der Waals surface area contributed by atoms with E-state index in [1.807, 2.05) is 14.1 Å². The Kier molecular flexibility index (Phi) is 4.88. The molecule has 1 saturated heterocycles. The molecule has 3 aliphatic rings. The van der Waals surface area contributed by atoms with Crippen molar-refractivity contribution in [3.8, 4) is 5.75 Å². The van der Waals surface area contributed by atoms with E-state index in [1.54, 1.807) is 12.1 Å². The molecule has 1 aliphatic carbocycles. The van der Waals surface area contributed by atoms with Crippen LogP contribution in [-0.4, -0.2) is 62.6 Å². The van der Waals surface area contributed by atoms with Gasteiger partial charge in [0.15, 0.2) is 0 Å². The summed E-state index contributed by atoms with van der Waals surface area (Å²) in [4.78, 5) is 17.3. The molecule has 1 saturated carbocycles. The predicted molar refractivity (Wildman–Crippen MR) is 97.5 cm³/mol. The molecular weight excluding hydrogens is 333 g/mol. The van der Waals surface area contributed by atoms with Crippen molar-refractivity contribution in [1.29, 1.82) is 0 Å². The number of fused-ring (bicyclic) bond motifs is 3. The Labute approximate surface area is 154 Å². The molecule has 1 N–H and O–H groups in total. The number of hydrogen-bond acceptors (Lipinski definition) is 4. The topological polar surface area (TPSA) is 44.8 Å². The molecule has 4 rings (SSSR count). The average Bonchev–Trinajstić information content (AvgIpc) is 3.33. The van der Waals surface area contributed by atoms with Crippen molar-refractivity contribution >= 4 is 5.91 Å². The molecule has 1 aromatic rings. The highest BCUT2D eigenvalue weighted by Crippen LogP contribution is 2.49. The lowest BCUT2D eigenvalue weighted by Crippen LogP contribution is -2.40. The molecule has 142 valence electrons. The summed E-state index contributed by atoms with van der Waals surface area (Å²) in [7, 11) is 3.99. The Morgan fingerprint density at radius 3 is 2.92 bits per heavy atom. The van der Waals surface area contributed by atoms with E-state index in [2.05, 4.69) is 15.1 Å². The molecule has 2 aliphatic heterocycles. The van der Waals surface area contributed by atoms with E-state index in [4.69, 9.17) is 4.74 Å². The van der Waals surface area contributed by atoms with E-state index in [0.717, 1.165) is 36.9 Å². The van der Waals surface area contributed by atoms with Gasteiger partial charge in [-0.25, -0.2) is 4.39 Å². The lowest BCUT2D eigenvalue weighted by Gasteiger charge is -2.34. The Hall–Kier alpha value is -1.66. The minimum Gasteiger partial charge on any atom is -0.493 e. The van der Waals surface area contributed by atoms with Crippen LogP contribution >= 0.6 is 0 Å². The molecule has 26 heavy (non-hydrogen) atoms. The van der Waals surface area contributed by atoms with E-state index in [9.17, 15) is 9.18 Å². The smallest absolute Gasteiger partial charge is 0.224 e. The van der Waals surface area contributed by atoms with Gasteiger partial charge in [-0.2, -0.15) is 0 Å². The number of amides is 1. The van der Waals surface area contributed by atoms with Gasteiger partial charge in [0, 0.05) is 43.7 Å². The zero-order valence-electron chi connectivity index (χ0n) is 15.6. The lowest BCUT2D eigenvalue weighted by molar-refractivity contribution is -0.126. The second-order valence-corrected chi connectivity index (χ2v) is 8.20. The molecule has 5 nitrogen and oxygen atoms in total. The summed E-state index contributed by atoms with van der Waals surface area (Å²) >= 11 is 0. The zero-order chi connectivity index (χ0) is 18.3. The third-order valence-electron chi connectivity index (χ3n) is 5.85. The highest BCUT2D eigenvalue weighted by atomic mass is 19.1. The molecule has 0 unspecified atom stereocenters. The van der Waals surface area contributed by atoms with Crippen LogP contribution in [-0.2, 0) is 4.79 Å². The SMILES string of the molecule is CN(C)CCNC(=O)[C@@H]1CN(CC2CC2)[C@H]2c3cc(F)ccc3OC[C@@H]12. The maximum absolute atomic E-state index is 13.9. The van der Waals surface area contributed by atoms with Gasteiger partial charge in [-0.3, -0.25) is 9.69 Å². The van der Waals surface area contributed by atoms with Crippen LogP contribution in [0.2, 0.25) is 0 Å². The molecule has 0 spiro atoms. The second-order valence-electron chi connectivity index (χ2n) is 8.20. The van der Waals surface area contributed by atoms with Crippen molar-refractivity contribution in [2.24, 2.45) is 17.8 Å². The Morgan fingerprint density at radius 2 is 2.19 bits per heavy atom. The zero-order valence-corrected chi connectivity index (χ0v) is 15.6. The Morgan fingerprint density at radius 1 is 1.38 bits per heavy atom. The van der Waals surface area contributed by atoms with Gasteiger partial charge in [0.1, 0.15) is 11.6 Å². The molecule has 1 amide bonds. The normalized spacial score (nSPS) is 27.8. The maximum atomic E-state index is 13.9. The summed E-state index contributed by atoms with van der Waals surface area (Å²) in [5, 5.41) is 3.08. The number of likely N-dealkylation sites (tertiary alicyclic amines) is 1. The van der Waals surface area contributed by atoms with E-state index < -0.39 is 0 Å². The summed E-state index contributed by atoms with van der Waals surface area (Å²) < 4.78 is 19.8. The van der Waals surface area contributed by atoms with Crippen LogP contribution in [0.1, 0.15) is 24.4 Å². The van der Waals surface area contributed by atoms with Crippen LogP contribution in [0.25, 0.3) is 0 Å². The number of carbonyl (C=O) groups is 1. The van der Waals surface area contributed by atoms with Crippen LogP contribution in [0.4, 0.5) is 4.39 Å². The second kappa shape index (κ2) is 7.16. The first-order valence-electron chi connectivity index (χ1n) is 9.61. The van der Waals surface area contributed by atoms with Gasteiger partial charge < -0.3 is 15.0 Å². The highest BCUT2D eigenvalue weighted by molar-refractivity contribution is 5.80. The van der Waals surface area contributed by atoms with Crippen LogP contribution < -0.4 is 10.1 Å². The van der Waals surface area contributed by atoms with Gasteiger partial charge in [0.05, 0.1) is 12.5 Å². The molecule has 0 radical (unpaired) electrons. The number of nitrogens with zero attached hydrogens (tertiary/aromatic N) is 2. The number of carbonyl (C=O) groups excluding carboxylic acids is 1. The number of benzene rings is 1. The number of hydrogen-bond donors (Lipinski definition) is 1. The fraction of sp³-hybridized carbons (Fsp3) is 0.650. The van der Waals surface area contributed by atoms with Crippen LogP contribution in [0, 0.1) is 23.6 Å². The van der Waals surface area contributed by atoms with E-state index in [-0.39, 0.29) is 29.6 Å². The molecule has 6 heteroatoms. The summed E-state index contributed by atoms with van der Waals surface area (Å²) in [5.74, 6) is 1.34. The van der Waals surface area contributed by atoms with Gasteiger partial charge in [0.2, 0.25) is 5.91 Å².